The first-order chi connectivity index (χ1) is 10.8. The highest BCUT2D eigenvalue weighted by molar-refractivity contribution is 5.84. The number of nitrogens with zero attached hydrogens (tertiary/aromatic N) is 6. The van der Waals surface area contributed by atoms with Gasteiger partial charge < -0.3 is 9.72 Å². The molecular weight excluding hydrogens is 278 g/mol. The number of pyridine rings is 1. The van der Waals surface area contributed by atoms with Gasteiger partial charge in [-0.1, -0.05) is 0 Å². The first-order valence-electron chi connectivity index (χ1n) is 6.89. The van der Waals surface area contributed by atoms with Gasteiger partial charge in [-0.3, -0.25) is 4.98 Å². The van der Waals surface area contributed by atoms with Crippen LogP contribution in [0, 0.1) is 6.92 Å². The molecular formula is C15H13N7. The van der Waals surface area contributed by atoms with E-state index >= 15 is 0 Å². The van der Waals surface area contributed by atoms with Crippen LogP contribution >= 0.6 is 0 Å². The van der Waals surface area contributed by atoms with Crippen LogP contribution in [0.2, 0.25) is 0 Å². The van der Waals surface area contributed by atoms with Crippen molar-refractivity contribution in [3.63, 3.8) is 0 Å². The van der Waals surface area contributed by atoms with Crippen LogP contribution in [0.5, 0.6) is 0 Å². The third-order valence-electron chi connectivity index (χ3n) is 3.37. The van der Waals surface area contributed by atoms with Crippen LogP contribution in [0.15, 0.2) is 43.2 Å². The Morgan fingerprint density at radius 3 is 3.05 bits per heavy atom. The number of hydrogen-bond donors (Lipinski definition) is 1. The Bertz CT molecular complexity index is 927. The summed E-state index contributed by atoms with van der Waals surface area (Å²) in [6.07, 6.45) is 8.84. The van der Waals surface area contributed by atoms with Gasteiger partial charge in [0, 0.05) is 24.3 Å². The Labute approximate surface area is 126 Å². The summed E-state index contributed by atoms with van der Waals surface area (Å²) in [7, 11) is 0. The second-order valence-electron chi connectivity index (χ2n) is 4.97. The summed E-state index contributed by atoms with van der Waals surface area (Å²) in [5.41, 5.74) is 4.26. The van der Waals surface area contributed by atoms with Crippen molar-refractivity contribution in [2.45, 2.75) is 13.5 Å². The van der Waals surface area contributed by atoms with Gasteiger partial charge in [0.1, 0.15) is 11.8 Å². The van der Waals surface area contributed by atoms with Crippen LogP contribution in [-0.4, -0.2) is 29.3 Å². The van der Waals surface area contributed by atoms with Crippen molar-refractivity contribution >= 4 is 22.5 Å². The topological polar surface area (TPSA) is 80.9 Å². The molecule has 22 heavy (non-hydrogen) atoms. The molecule has 0 amide bonds. The lowest BCUT2D eigenvalue weighted by atomic mass is 10.3. The van der Waals surface area contributed by atoms with Crippen molar-refractivity contribution in [2.24, 2.45) is 0 Å². The highest BCUT2D eigenvalue weighted by atomic mass is 15.1. The molecule has 4 rings (SSSR count). The minimum absolute atomic E-state index is 0.559. The van der Waals surface area contributed by atoms with Crippen LogP contribution in [-0.2, 0) is 6.54 Å². The molecule has 0 saturated carbocycles. The Kier molecular flexibility index (Phi) is 2.89. The van der Waals surface area contributed by atoms with Gasteiger partial charge in [-0.05, 0) is 19.1 Å². The van der Waals surface area contributed by atoms with E-state index in [0.717, 1.165) is 28.1 Å². The molecule has 4 heterocycles. The fourth-order valence-corrected chi connectivity index (χ4v) is 2.32. The van der Waals surface area contributed by atoms with Gasteiger partial charge in [-0.2, -0.15) is 0 Å². The summed E-state index contributed by atoms with van der Waals surface area (Å²) in [6.45, 7) is 2.51. The quantitative estimate of drug-likeness (QED) is 0.621. The zero-order chi connectivity index (χ0) is 14.9. The molecule has 0 atom stereocenters. The maximum absolute atomic E-state index is 4.51. The van der Waals surface area contributed by atoms with Crippen molar-refractivity contribution < 1.29 is 0 Å². The fourth-order valence-electron chi connectivity index (χ4n) is 2.32. The molecule has 4 aromatic heterocycles. The molecule has 4 aromatic rings. The lowest BCUT2D eigenvalue weighted by Crippen LogP contribution is -2.04. The monoisotopic (exact) mass is 291 g/mol. The van der Waals surface area contributed by atoms with Crippen molar-refractivity contribution in [2.75, 3.05) is 5.32 Å². The van der Waals surface area contributed by atoms with Crippen LogP contribution in [0.25, 0.3) is 16.7 Å². The molecule has 0 spiro atoms. The highest BCUT2D eigenvalue weighted by Gasteiger charge is 2.07. The molecule has 108 valence electrons. The molecule has 0 unspecified atom stereocenters. The third-order valence-corrected chi connectivity index (χ3v) is 3.37. The van der Waals surface area contributed by atoms with Crippen molar-refractivity contribution in [1.82, 2.24) is 29.3 Å². The van der Waals surface area contributed by atoms with Crippen molar-refractivity contribution in [1.29, 1.82) is 0 Å². The lowest BCUT2D eigenvalue weighted by Gasteiger charge is -2.06. The molecule has 1 N–H and O–H groups in total. The molecule has 0 radical (unpaired) electrons. The van der Waals surface area contributed by atoms with Crippen LogP contribution in [0.4, 0.5) is 5.82 Å². The third kappa shape index (κ3) is 2.22. The molecule has 0 aliphatic carbocycles. The zero-order valence-electron chi connectivity index (χ0n) is 11.9. The molecule has 7 heteroatoms. The Morgan fingerprint density at radius 2 is 2.14 bits per heavy atom. The number of fused-ring (bicyclic) bond motifs is 2. The number of aromatic nitrogens is 6. The predicted molar refractivity (Wildman–Crippen MR) is 82.4 cm³/mol. The zero-order valence-corrected chi connectivity index (χ0v) is 11.9. The van der Waals surface area contributed by atoms with Gasteiger partial charge in [0.2, 0.25) is 0 Å². The van der Waals surface area contributed by atoms with Crippen molar-refractivity contribution in [3.05, 3.63) is 54.6 Å². The number of anilines is 1. The van der Waals surface area contributed by atoms with E-state index in [1.807, 2.05) is 35.9 Å². The number of aryl methyl sites for hydroxylation is 1. The fraction of sp³-hybridized carbons (Fsp3) is 0.133. The van der Waals surface area contributed by atoms with Crippen LogP contribution < -0.4 is 5.32 Å². The summed E-state index contributed by atoms with van der Waals surface area (Å²) < 4.78 is 1.94. The summed E-state index contributed by atoms with van der Waals surface area (Å²) in [5.74, 6) is 0.712. The van der Waals surface area contributed by atoms with E-state index in [1.165, 1.54) is 6.33 Å². The average molecular weight is 291 g/mol. The SMILES string of the molecule is Cc1ccc2ncnc(NCc3cn4ccncc4n3)c2n1. The van der Waals surface area contributed by atoms with Gasteiger partial charge in [0.15, 0.2) is 11.5 Å². The molecule has 0 fully saturated rings. The lowest BCUT2D eigenvalue weighted by molar-refractivity contribution is 1.05. The molecule has 0 aliphatic heterocycles. The van der Waals surface area contributed by atoms with Gasteiger partial charge in [-0.25, -0.2) is 19.9 Å². The van der Waals surface area contributed by atoms with E-state index in [2.05, 4.69) is 30.2 Å². The molecule has 0 bridgehead atoms. The van der Waals surface area contributed by atoms with Crippen LogP contribution in [0.1, 0.15) is 11.4 Å². The van der Waals surface area contributed by atoms with Crippen LogP contribution in [0.3, 0.4) is 0 Å². The maximum Gasteiger partial charge on any atom is 0.156 e. The normalized spacial score (nSPS) is 11.1. The second kappa shape index (κ2) is 5.03. The second-order valence-corrected chi connectivity index (χ2v) is 4.97. The number of hydrogen-bond acceptors (Lipinski definition) is 6. The molecule has 0 aliphatic rings. The number of imidazole rings is 1. The van der Waals surface area contributed by atoms with E-state index in [4.69, 9.17) is 0 Å². The van der Waals surface area contributed by atoms with Gasteiger partial charge in [0.05, 0.1) is 24.0 Å². The standard InChI is InChI=1S/C15H13N7/c1-10-2-3-12-14(20-10)15(19-9-18-12)17-6-11-8-22-5-4-16-7-13(22)21-11/h2-5,7-9H,6H2,1H3,(H,17,18,19). The molecule has 7 nitrogen and oxygen atoms in total. The Hall–Kier alpha value is -3.09. The number of nitrogens with one attached hydrogen (secondary N) is 1. The first kappa shape index (κ1) is 12.6. The maximum atomic E-state index is 4.51. The summed E-state index contributed by atoms with van der Waals surface area (Å²) in [4.78, 5) is 21.6. The minimum Gasteiger partial charge on any atom is -0.362 e. The van der Waals surface area contributed by atoms with E-state index in [9.17, 15) is 0 Å². The largest absolute Gasteiger partial charge is 0.362 e. The number of rotatable bonds is 3. The average Bonchev–Trinajstić information content (AvgIpc) is 2.95. The van der Waals surface area contributed by atoms with Gasteiger partial charge in [-0.15, -0.1) is 0 Å². The Balaban J connectivity index is 1.64. The van der Waals surface area contributed by atoms with E-state index in [-0.39, 0.29) is 0 Å². The molecule has 0 saturated heterocycles. The smallest absolute Gasteiger partial charge is 0.156 e. The highest BCUT2D eigenvalue weighted by Crippen LogP contribution is 2.17. The Morgan fingerprint density at radius 1 is 1.18 bits per heavy atom. The van der Waals surface area contributed by atoms with E-state index < -0.39 is 0 Å². The minimum atomic E-state index is 0.559. The van der Waals surface area contributed by atoms with E-state index in [1.54, 1.807) is 12.4 Å². The summed E-state index contributed by atoms with van der Waals surface area (Å²) in [5, 5.41) is 3.28. The van der Waals surface area contributed by atoms with Gasteiger partial charge >= 0.3 is 0 Å². The molecule has 0 aromatic carbocycles. The van der Waals surface area contributed by atoms with Crippen molar-refractivity contribution in [3.8, 4) is 0 Å². The summed E-state index contributed by atoms with van der Waals surface area (Å²) in [6, 6.07) is 3.88. The van der Waals surface area contributed by atoms with E-state index in [0.29, 0.717) is 12.4 Å². The van der Waals surface area contributed by atoms with Gasteiger partial charge in [0.25, 0.3) is 0 Å². The predicted octanol–water partition coefficient (Wildman–Crippen LogP) is 1.99. The first-order valence-corrected chi connectivity index (χ1v) is 6.89. The summed E-state index contributed by atoms with van der Waals surface area (Å²) >= 11 is 0.